The molecule has 1 amide bonds. The number of ether oxygens (including phenoxy) is 1. The molecule has 2 aromatic carbocycles. The van der Waals surface area contributed by atoms with Crippen molar-refractivity contribution in [2.45, 2.75) is 59.4 Å². The van der Waals surface area contributed by atoms with Crippen LogP contribution >= 0.6 is 0 Å². The number of nitrogens with zero attached hydrogens (tertiary/aromatic N) is 1. The molecule has 6 nitrogen and oxygen atoms in total. The molecule has 0 heterocycles. The summed E-state index contributed by atoms with van der Waals surface area (Å²) in [5.41, 5.74) is 3.30. The fourth-order valence-corrected chi connectivity index (χ4v) is 4.92. The van der Waals surface area contributed by atoms with Crippen LogP contribution in [0.15, 0.2) is 42.5 Å². The molecule has 1 atom stereocenters. The van der Waals surface area contributed by atoms with Gasteiger partial charge in [0.2, 0.25) is 15.9 Å². The first-order chi connectivity index (χ1) is 14.9. The minimum Gasteiger partial charge on any atom is -0.491 e. The van der Waals surface area contributed by atoms with Crippen LogP contribution in [0, 0.1) is 13.8 Å². The van der Waals surface area contributed by atoms with E-state index in [1.54, 1.807) is 6.07 Å². The number of benzene rings is 2. The maximum absolute atomic E-state index is 13.0. The van der Waals surface area contributed by atoms with Crippen LogP contribution in [0.4, 0.5) is 5.69 Å². The van der Waals surface area contributed by atoms with Gasteiger partial charge in [-0.2, -0.15) is 0 Å². The van der Waals surface area contributed by atoms with E-state index in [1.165, 1.54) is 4.31 Å². The van der Waals surface area contributed by atoms with Gasteiger partial charge in [-0.05, 0) is 54.5 Å². The number of hydrogen-bond donors (Lipinski definition) is 1. The molecule has 1 N–H and O–H groups in total. The molecule has 0 spiro atoms. The molecule has 0 unspecified atom stereocenters. The lowest BCUT2D eigenvalue weighted by molar-refractivity contribution is -0.122. The Bertz CT molecular complexity index is 1040. The van der Waals surface area contributed by atoms with E-state index >= 15 is 0 Å². The largest absolute Gasteiger partial charge is 0.491 e. The van der Waals surface area contributed by atoms with Gasteiger partial charge in [0.1, 0.15) is 18.4 Å². The van der Waals surface area contributed by atoms with Gasteiger partial charge in [-0.3, -0.25) is 9.10 Å². The van der Waals surface area contributed by atoms with Gasteiger partial charge < -0.3 is 10.1 Å². The summed E-state index contributed by atoms with van der Waals surface area (Å²) in [6, 6.07) is 12.6. The highest BCUT2D eigenvalue weighted by Crippen LogP contribution is 2.31. The number of aryl methyl sites for hydroxylation is 2. The van der Waals surface area contributed by atoms with Crippen molar-refractivity contribution in [2.24, 2.45) is 0 Å². The third kappa shape index (κ3) is 6.48. The molecule has 2 rings (SSSR count). The zero-order valence-corrected chi connectivity index (χ0v) is 21.0. The number of rotatable bonds is 9. The summed E-state index contributed by atoms with van der Waals surface area (Å²) in [6.45, 7) is 12.5. The van der Waals surface area contributed by atoms with E-state index in [0.717, 1.165) is 28.7 Å². The minimum absolute atomic E-state index is 0.0607. The number of nitrogens with one attached hydrogen (secondary N) is 1. The SMILES string of the molecule is CC[C@H](C(=O)NCCOc1ccccc1C(C)(C)C)N(c1cc(C)ccc1C)S(C)(=O)=O. The van der Waals surface area contributed by atoms with Crippen molar-refractivity contribution in [2.75, 3.05) is 23.7 Å². The smallest absolute Gasteiger partial charge is 0.244 e. The van der Waals surface area contributed by atoms with Crippen LogP contribution in [0.5, 0.6) is 5.75 Å². The molecule has 0 saturated carbocycles. The number of carbonyl (C=O) groups is 1. The maximum atomic E-state index is 13.0. The van der Waals surface area contributed by atoms with Crippen LogP contribution < -0.4 is 14.4 Å². The molecule has 32 heavy (non-hydrogen) atoms. The van der Waals surface area contributed by atoms with Gasteiger partial charge in [0.05, 0.1) is 18.5 Å². The normalized spacial score (nSPS) is 12.8. The third-order valence-corrected chi connectivity index (χ3v) is 6.45. The Morgan fingerprint density at radius 2 is 1.78 bits per heavy atom. The molecule has 0 aromatic heterocycles. The first kappa shape index (κ1) is 25.7. The monoisotopic (exact) mass is 460 g/mol. The Labute approximate surface area is 193 Å². The molecule has 0 saturated heterocycles. The number of hydrogen-bond acceptors (Lipinski definition) is 4. The van der Waals surface area contributed by atoms with Gasteiger partial charge in [-0.15, -0.1) is 0 Å². The first-order valence-electron chi connectivity index (χ1n) is 10.9. The number of para-hydroxylation sites is 1. The van der Waals surface area contributed by atoms with E-state index in [4.69, 9.17) is 4.74 Å². The van der Waals surface area contributed by atoms with Crippen molar-refractivity contribution >= 4 is 21.6 Å². The van der Waals surface area contributed by atoms with Gasteiger partial charge >= 0.3 is 0 Å². The lowest BCUT2D eigenvalue weighted by atomic mass is 9.86. The predicted octanol–water partition coefficient (Wildman–Crippen LogP) is 4.34. The molecule has 0 bridgehead atoms. The summed E-state index contributed by atoms with van der Waals surface area (Å²) in [7, 11) is -3.67. The average Bonchev–Trinajstić information content (AvgIpc) is 2.70. The minimum atomic E-state index is -3.67. The summed E-state index contributed by atoms with van der Waals surface area (Å²) in [4.78, 5) is 13.0. The topological polar surface area (TPSA) is 75.7 Å². The van der Waals surface area contributed by atoms with E-state index in [1.807, 2.05) is 57.2 Å². The van der Waals surface area contributed by atoms with Gasteiger partial charge in [0.25, 0.3) is 0 Å². The van der Waals surface area contributed by atoms with Crippen molar-refractivity contribution in [1.29, 1.82) is 0 Å². The summed E-state index contributed by atoms with van der Waals surface area (Å²) in [6.07, 6.45) is 1.48. The molecule has 0 fully saturated rings. The van der Waals surface area contributed by atoms with Gasteiger partial charge in [0.15, 0.2) is 0 Å². The van der Waals surface area contributed by atoms with E-state index in [-0.39, 0.29) is 24.5 Å². The first-order valence-corrected chi connectivity index (χ1v) is 12.8. The van der Waals surface area contributed by atoms with Crippen molar-refractivity contribution in [3.8, 4) is 5.75 Å². The molecule has 0 aliphatic rings. The lowest BCUT2D eigenvalue weighted by Gasteiger charge is -2.31. The second kappa shape index (κ2) is 10.4. The quantitative estimate of drug-likeness (QED) is 0.565. The van der Waals surface area contributed by atoms with Crippen LogP contribution in [0.1, 0.15) is 50.8 Å². The van der Waals surface area contributed by atoms with Crippen LogP contribution in [0.25, 0.3) is 0 Å². The Hall–Kier alpha value is -2.54. The standard InChI is InChI=1S/C25H36N2O4S/c1-8-21(27(32(7,29)30)22-17-18(2)13-14-19(22)3)24(28)26-15-16-31-23-12-10-9-11-20(23)25(4,5)6/h9-14,17,21H,8,15-16H2,1-7H3,(H,26,28)/t21-/m1/s1. The van der Waals surface area contributed by atoms with E-state index in [9.17, 15) is 13.2 Å². The highest BCUT2D eigenvalue weighted by atomic mass is 32.2. The second-order valence-corrected chi connectivity index (χ2v) is 11.0. The molecule has 176 valence electrons. The van der Waals surface area contributed by atoms with Crippen molar-refractivity contribution in [3.63, 3.8) is 0 Å². The van der Waals surface area contributed by atoms with Crippen LogP contribution in [-0.2, 0) is 20.2 Å². The number of sulfonamides is 1. The Morgan fingerprint density at radius 3 is 2.38 bits per heavy atom. The van der Waals surface area contributed by atoms with Gasteiger partial charge in [-0.25, -0.2) is 8.42 Å². The second-order valence-electron chi connectivity index (χ2n) is 9.16. The van der Waals surface area contributed by atoms with Crippen LogP contribution in [0.2, 0.25) is 0 Å². The fourth-order valence-electron chi connectivity index (χ4n) is 3.66. The van der Waals surface area contributed by atoms with Gasteiger partial charge in [0, 0.05) is 0 Å². The van der Waals surface area contributed by atoms with Crippen LogP contribution in [-0.4, -0.2) is 39.8 Å². The number of carbonyl (C=O) groups excluding carboxylic acids is 1. The Morgan fingerprint density at radius 1 is 1.12 bits per heavy atom. The Kier molecular flexibility index (Phi) is 8.35. The molecule has 0 aliphatic heterocycles. The summed E-state index contributed by atoms with van der Waals surface area (Å²) in [5.74, 6) is 0.445. The third-order valence-electron chi connectivity index (χ3n) is 5.29. The fraction of sp³-hybridized carbons (Fsp3) is 0.480. The summed E-state index contributed by atoms with van der Waals surface area (Å²) < 4.78 is 32.5. The van der Waals surface area contributed by atoms with Crippen molar-refractivity contribution in [3.05, 3.63) is 59.2 Å². The van der Waals surface area contributed by atoms with Crippen LogP contribution in [0.3, 0.4) is 0 Å². The van der Waals surface area contributed by atoms with Gasteiger partial charge in [-0.1, -0.05) is 58.0 Å². The number of amides is 1. The predicted molar refractivity (Wildman–Crippen MR) is 131 cm³/mol. The number of anilines is 1. The molecule has 0 aliphatic carbocycles. The maximum Gasteiger partial charge on any atom is 0.244 e. The summed E-state index contributed by atoms with van der Waals surface area (Å²) >= 11 is 0. The molecular weight excluding hydrogens is 424 g/mol. The van der Waals surface area contributed by atoms with E-state index in [2.05, 4.69) is 26.1 Å². The average molecular weight is 461 g/mol. The van der Waals surface area contributed by atoms with E-state index in [0.29, 0.717) is 12.1 Å². The zero-order valence-electron chi connectivity index (χ0n) is 20.2. The zero-order chi connectivity index (χ0) is 24.1. The lowest BCUT2D eigenvalue weighted by Crippen LogP contribution is -2.50. The highest BCUT2D eigenvalue weighted by molar-refractivity contribution is 7.92. The molecule has 2 aromatic rings. The highest BCUT2D eigenvalue weighted by Gasteiger charge is 2.32. The van der Waals surface area contributed by atoms with Crippen molar-refractivity contribution in [1.82, 2.24) is 5.32 Å². The molecular formula is C25H36N2O4S. The Balaban J connectivity index is 2.13. The van der Waals surface area contributed by atoms with Crippen molar-refractivity contribution < 1.29 is 17.9 Å². The molecule has 7 heteroatoms. The summed E-state index contributed by atoms with van der Waals surface area (Å²) in [5, 5.41) is 2.85. The molecule has 0 radical (unpaired) electrons. The van der Waals surface area contributed by atoms with E-state index < -0.39 is 16.1 Å².